The molecule has 0 spiro atoms. The van der Waals surface area contributed by atoms with Gasteiger partial charge in [-0.3, -0.25) is 14.5 Å². The normalized spacial score (nSPS) is 15.4. The minimum absolute atomic E-state index is 0.150. The van der Waals surface area contributed by atoms with E-state index in [1.54, 1.807) is 6.07 Å². The van der Waals surface area contributed by atoms with Gasteiger partial charge < -0.3 is 5.32 Å². The van der Waals surface area contributed by atoms with Crippen LogP contribution in [0.3, 0.4) is 0 Å². The van der Waals surface area contributed by atoms with Crippen LogP contribution in [0.2, 0.25) is 0 Å². The van der Waals surface area contributed by atoms with Gasteiger partial charge in [0, 0.05) is 23.1 Å². The van der Waals surface area contributed by atoms with Crippen LogP contribution in [-0.2, 0) is 9.59 Å². The number of hydrogen-bond acceptors (Lipinski definition) is 4. The molecule has 0 bridgehead atoms. The molecule has 0 aliphatic carbocycles. The van der Waals surface area contributed by atoms with E-state index in [1.165, 1.54) is 34.9 Å². The smallest absolute Gasteiger partial charge is 0.266 e. The van der Waals surface area contributed by atoms with E-state index >= 15 is 0 Å². The predicted octanol–water partition coefficient (Wildman–Crippen LogP) is 5.21. The van der Waals surface area contributed by atoms with Crippen molar-refractivity contribution >= 4 is 67.8 Å². The van der Waals surface area contributed by atoms with Gasteiger partial charge in [-0.2, -0.15) is 0 Å². The number of nitrogens with one attached hydrogen (secondary N) is 1. The third-order valence-electron chi connectivity index (χ3n) is 3.94. The Morgan fingerprint density at radius 1 is 1.25 bits per heavy atom. The van der Waals surface area contributed by atoms with Crippen molar-refractivity contribution in [2.24, 2.45) is 0 Å². The first-order valence-electron chi connectivity index (χ1n) is 8.49. The number of rotatable bonds is 6. The first kappa shape index (κ1) is 20.7. The van der Waals surface area contributed by atoms with Crippen molar-refractivity contribution in [1.29, 1.82) is 0 Å². The standard InChI is InChI=1S/C20H16BrFN2O2S2/c21-14-8-6-13(7-9-14)11-17-19(26)24(20(27)28-17)10-2-5-18(25)23-16-4-1-3-15(22)12-16/h1,3-4,6-9,11-12H,2,5,10H2,(H,23,25). The Bertz CT molecular complexity index is 947. The second-order valence-corrected chi connectivity index (χ2v) is 8.64. The van der Waals surface area contributed by atoms with E-state index in [1.807, 2.05) is 30.3 Å². The fourth-order valence-electron chi connectivity index (χ4n) is 2.59. The average Bonchev–Trinajstić information content (AvgIpc) is 2.91. The molecule has 1 heterocycles. The second kappa shape index (κ2) is 9.45. The summed E-state index contributed by atoms with van der Waals surface area (Å²) in [5.41, 5.74) is 1.33. The summed E-state index contributed by atoms with van der Waals surface area (Å²) in [5.74, 6) is -0.794. The lowest BCUT2D eigenvalue weighted by Crippen LogP contribution is -2.29. The monoisotopic (exact) mass is 478 g/mol. The van der Waals surface area contributed by atoms with Crippen molar-refractivity contribution in [2.75, 3.05) is 11.9 Å². The zero-order valence-electron chi connectivity index (χ0n) is 14.7. The van der Waals surface area contributed by atoms with E-state index < -0.39 is 5.82 Å². The molecule has 2 amide bonds. The molecule has 0 atom stereocenters. The van der Waals surface area contributed by atoms with Gasteiger partial charge in [-0.05, 0) is 48.4 Å². The highest BCUT2D eigenvalue weighted by Gasteiger charge is 2.31. The van der Waals surface area contributed by atoms with Gasteiger partial charge in [0.05, 0.1) is 4.91 Å². The molecule has 2 aromatic rings. The van der Waals surface area contributed by atoms with Crippen molar-refractivity contribution in [3.05, 3.63) is 69.3 Å². The van der Waals surface area contributed by atoms with Crippen molar-refractivity contribution in [1.82, 2.24) is 4.90 Å². The lowest BCUT2D eigenvalue weighted by Gasteiger charge is -2.14. The van der Waals surface area contributed by atoms with E-state index in [-0.39, 0.29) is 18.2 Å². The third-order valence-corrected chi connectivity index (χ3v) is 5.84. The molecule has 0 unspecified atom stereocenters. The summed E-state index contributed by atoms with van der Waals surface area (Å²) in [5, 5.41) is 2.64. The lowest BCUT2D eigenvalue weighted by molar-refractivity contribution is -0.122. The molecule has 1 saturated heterocycles. The maximum absolute atomic E-state index is 13.2. The predicted molar refractivity (Wildman–Crippen MR) is 118 cm³/mol. The van der Waals surface area contributed by atoms with Gasteiger partial charge in [0.2, 0.25) is 5.91 Å². The highest BCUT2D eigenvalue weighted by molar-refractivity contribution is 9.10. The Morgan fingerprint density at radius 3 is 2.71 bits per heavy atom. The Hall–Kier alpha value is -2.03. The maximum atomic E-state index is 13.2. The molecule has 0 radical (unpaired) electrons. The third kappa shape index (κ3) is 5.50. The Kier molecular flexibility index (Phi) is 6.98. The summed E-state index contributed by atoms with van der Waals surface area (Å²) < 4.78 is 14.6. The van der Waals surface area contributed by atoms with Crippen molar-refractivity contribution in [2.45, 2.75) is 12.8 Å². The van der Waals surface area contributed by atoms with E-state index in [0.717, 1.165) is 10.0 Å². The number of carbonyl (C=O) groups is 2. The van der Waals surface area contributed by atoms with Crippen molar-refractivity contribution in [3.63, 3.8) is 0 Å². The quantitative estimate of drug-likeness (QED) is 0.457. The minimum atomic E-state index is -0.409. The van der Waals surface area contributed by atoms with Crippen LogP contribution in [0, 0.1) is 5.82 Å². The number of carbonyl (C=O) groups excluding carboxylic acids is 2. The number of anilines is 1. The maximum Gasteiger partial charge on any atom is 0.266 e. The lowest BCUT2D eigenvalue weighted by atomic mass is 10.2. The number of thiocarbonyl (C=S) groups is 1. The highest BCUT2D eigenvalue weighted by Crippen LogP contribution is 2.32. The van der Waals surface area contributed by atoms with Gasteiger partial charge >= 0.3 is 0 Å². The van der Waals surface area contributed by atoms with Crippen LogP contribution in [0.25, 0.3) is 6.08 Å². The van der Waals surface area contributed by atoms with E-state index in [2.05, 4.69) is 21.2 Å². The Labute approximate surface area is 180 Å². The summed E-state index contributed by atoms with van der Waals surface area (Å²) in [6.45, 7) is 0.360. The summed E-state index contributed by atoms with van der Waals surface area (Å²) in [7, 11) is 0. The first-order valence-corrected chi connectivity index (χ1v) is 10.5. The van der Waals surface area contributed by atoms with E-state index in [9.17, 15) is 14.0 Å². The van der Waals surface area contributed by atoms with Crippen LogP contribution in [0.5, 0.6) is 0 Å². The first-order chi connectivity index (χ1) is 13.4. The molecule has 8 heteroatoms. The average molecular weight is 479 g/mol. The minimum Gasteiger partial charge on any atom is -0.326 e. The molecule has 1 fully saturated rings. The molecule has 144 valence electrons. The van der Waals surface area contributed by atoms with Crippen molar-refractivity contribution in [3.8, 4) is 0 Å². The number of amides is 2. The van der Waals surface area contributed by atoms with Crippen LogP contribution in [0.4, 0.5) is 10.1 Å². The van der Waals surface area contributed by atoms with Gasteiger partial charge in [-0.1, -0.05) is 58.1 Å². The fraction of sp³-hybridized carbons (Fsp3) is 0.150. The zero-order chi connectivity index (χ0) is 20.1. The number of benzene rings is 2. The Balaban J connectivity index is 1.53. The molecule has 1 N–H and O–H groups in total. The topological polar surface area (TPSA) is 49.4 Å². The summed E-state index contributed by atoms with van der Waals surface area (Å²) >= 11 is 9.95. The van der Waals surface area contributed by atoms with Crippen LogP contribution < -0.4 is 5.32 Å². The van der Waals surface area contributed by atoms with Gasteiger partial charge in [0.15, 0.2) is 0 Å². The molecular formula is C20H16BrFN2O2S2. The van der Waals surface area contributed by atoms with E-state index in [4.69, 9.17) is 12.2 Å². The second-order valence-electron chi connectivity index (χ2n) is 6.05. The molecule has 2 aromatic carbocycles. The fourth-order valence-corrected chi connectivity index (χ4v) is 4.16. The number of hydrogen-bond donors (Lipinski definition) is 1. The van der Waals surface area contributed by atoms with Gasteiger partial charge in [-0.25, -0.2) is 4.39 Å². The van der Waals surface area contributed by atoms with Gasteiger partial charge in [0.1, 0.15) is 10.1 Å². The molecule has 0 saturated carbocycles. The summed E-state index contributed by atoms with van der Waals surface area (Å²) in [6, 6.07) is 13.4. The molecule has 4 nitrogen and oxygen atoms in total. The van der Waals surface area contributed by atoms with E-state index in [0.29, 0.717) is 27.9 Å². The summed E-state index contributed by atoms with van der Waals surface area (Å²) in [4.78, 5) is 26.7. The van der Waals surface area contributed by atoms with Crippen LogP contribution >= 0.6 is 39.9 Å². The zero-order valence-corrected chi connectivity index (χ0v) is 17.9. The van der Waals surface area contributed by atoms with Crippen LogP contribution in [0.15, 0.2) is 57.9 Å². The molecule has 28 heavy (non-hydrogen) atoms. The number of nitrogens with zero attached hydrogens (tertiary/aromatic N) is 1. The molecule has 1 aliphatic rings. The largest absolute Gasteiger partial charge is 0.326 e. The van der Waals surface area contributed by atoms with Crippen molar-refractivity contribution < 1.29 is 14.0 Å². The van der Waals surface area contributed by atoms with Crippen LogP contribution in [0.1, 0.15) is 18.4 Å². The summed E-state index contributed by atoms with van der Waals surface area (Å²) in [6.07, 6.45) is 2.47. The molecular weight excluding hydrogens is 463 g/mol. The molecule has 0 aromatic heterocycles. The molecule has 1 aliphatic heterocycles. The Morgan fingerprint density at radius 2 is 2.00 bits per heavy atom. The van der Waals surface area contributed by atoms with Gasteiger partial charge in [-0.15, -0.1) is 0 Å². The van der Waals surface area contributed by atoms with Gasteiger partial charge in [0.25, 0.3) is 5.91 Å². The number of thioether (sulfide) groups is 1. The SMILES string of the molecule is O=C(CCCN1C(=O)C(=Cc2ccc(Br)cc2)SC1=S)Nc1cccc(F)c1. The highest BCUT2D eigenvalue weighted by atomic mass is 79.9. The molecule has 3 rings (SSSR count). The number of halogens is 2. The van der Waals surface area contributed by atoms with Crippen LogP contribution in [-0.4, -0.2) is 27.6 Å².